The minimum Gasteiger partial charge on any atom is -0.277 e. The normalized spacial score (nSPS) is 11.3. The van der Waals surface area contributed by atoms with Crippen LogP contribution in [0.4, 0.5) is 5.69 Å². The second-order valence-electron chi connectivity index (χ2n) is 3.23. The average Bonchev–Trinajstić information content (AvgIpc) is 2.75. The molecule has 2 heterocycles. The summed E-state index contributed by atoms with van der Waals surface area (Å²) in [7, 11) is -3.45. The molecule has 0 aliphatic carbocycles. The number of aryl methyl sites for hydroxylation is 1. The standard InChI is InChI=1S/C10H10N2O2S2/c1-8-4-5-9(7-11-8)12-16(13,14)10-3-2-6-15-10/h2-7,12H,1H3. The van der Waals surface area contributed by atoms with Crippen LogP contribution in [-0.2, 0) is 10.0 Å². The number of aromatic nitrogens is 1. The Bertz CT molecular complexity index is 559. The number of nitrogens with one attached hydrogen (secondary N) is 1. The van der Waals surface area contributed by atoms with Crippen LogP contribution in [-0.4, -0.2) is 13.4 Å². The molecule has 1 N–H and O–H groups in total. The number of pyridine rings is 1. The Labute approximate surface area is 98.0 Å². The topological polar surface area (TPSA) is 59.1 Å². The summed E-state index contributed by atoms with van der Waals surface area (Å²) >= 11 is 1.18. The molecule has 2 aromatic heterocycles. The van der Waals surface area contributed by atoms with E-state index in [1.54, 1.807) is 29.6 Å². The Morgan fingerprint density at radius 1 is 1.31 bits per heavy atom. The van der Waals surface area contributed by atoms with Crippen LogP contribution < -0.4 is 4.72 Å². The molecule has 0 saturated carbocycles. The highest BCUT2D eigenvalue weighted by atomic mass is 32.2. The molecule has 0 radical (unpaired) electrons. The predicted octanol–water partition coefficient (Wildman–Crippen LogP) is 2.25. The molecule has 0 amide bonds. The second-order valence-corrected chi connectivity index (χ2v) is 6.08. The van der Waals surface area contributed by atoms with E-state index >= 15 is 0 Å². The van der Waals surface area contributed by atoms with Crippen LogP contribution in [0.5, 0.6) is 0 Å². The minimum absolute atomic E-state index is 0.299. The maximum Gasteiger partial charge on any atom is 0.271 e. The minimum atomic E-state index is -3.45. The van der Waals surface area contributed by atoms with E-state index in [0.717, 1.165) is 5.69 Å². The second kappa shape index (κ2) is 4.23. The third-order valence-electron chi connectivity index (χ3n) is 1.92. The summed E-state index contributed by atoms with van der Waals surface area (Å²) in [5.41, 5.74) is 1.32. The van der Waals surface area contributed by atoms with Crippen LogP contribution in [0, 0.1) is 6.92 Å². The summed E-state index contributed by atoms with van der Waals surface area (Å²) in [6, 6.07) is 6.71. The summed E-state index contributed by atoms with van der Waals surface area (Å²) in [5.74, 6) is 0. The zero-order valence-corrected chi connectivity index (χ0v) is 10.2. The van der Waals surface area contributed by atoms with Crippen molar-refractivity contribution >= 4 is 27.0 Å². The van der Waals surface area contributed by atoms with Crippen LogP contribution in [0.3, 0.4) is 0 Å². The molecule has 2 aromatic rings. The number of hydrogen-bond acceptors (Lipinski definition) is 4. The van der Waals surface area contributed by atoms with Crippen LogP contribution in [0.25, 0.3) is 0 Å². The fourth-order valence-corrected chi connectivity index (χ4v) is 3.19. The number of hydrogen-bond donors (Lipinski definition) is 1. The van der Waals surface area contributed by atoms with Gasteiger partial charge in [0.15, 0.2) is 0 Å². The van der Waals surface area contributed by atoms with Crippen molar-refractivity contribution in [2.75, 3.05) is 4.72 Å². The molecule has 6 heteroatoms. The number of thiophene rings is 1. The van der Waals surface area contributed by atoms with Gasteiger partial charge in [0.25, 0.3) is 10.0 Å². The summed E-state index contributed by atoms with van der Waals surface area (Å²) in [6.45, 7) is 1.84. The van der Waals surface area contributed by atoms with E-state index in [0.29, 0.717) is 9.90 Å². The molecule has 0 aliphatic rings. The molecule has 16 heavy (non-hydrogen) atoms. The summed E-state index contributed by atoms with van der Waals surface area (Å²) in [5, 5.41) is 1.72. The first-order valence-corrected chi connectivity index (χ1v) is 6.93. The van der Waals surface area contributed by atoms with Crippen molar-refractivity contribution in [3.8, 4) is 0 Å². The summed E-state index contributed by atoms with van der Waals surface area (Å²) < 4.78 is 26.4. The predicted molar refractivity (Wildman–Crippen MR) is 64.1 cm³/mol. The first kappa shape index (κ1) is 11.1. The van der Waals surface area contributed by atoms with Gasteiger partial charge in [-0.1, -0.05) is 6.07 Å². The molecule has 0 atom stereocenters. The van der Waals surface area contributed by atoms with E-state index in [-0.39, 0.29) is 0 Å². The fraction of sp³-hybridized carbons (Fsp3) is 0.100. The highest BCUT2D eigenvalue weighted by Gasteiger charge is 2.14. The zero-order chi connectivity index (χ0) is 11.6. The van der Waals surface area contributed by atoms with Gasteiger partial charge in [-0.15, -0.1) is 11.3 Å². The van der Waals surface area contributed by atoms with E-state index in [1.807, 2.05) is 6.92 Å². The molecule has 0 saturated heterocycles. The van der Waals surface area contributed by atoms with E-state index in [2.05, 4.69) is 9.71 Å². The van der Waals surface area contributed by atoms with Crippen molar-refractivity contribution < 1.29 is 8.42 Å². The number of sulfonamides is 1. The van der Waals surface area contributed by atoms with Crippen molar-refractivity contribution in [3.05, 3.63) is 41.5 Å². The van der Waals surface area contributed by atoms with Crippen LogP contribution in [0.15, 0.2) is 40.1 Å². The lowest BCUT2D eigenvalue weighted by atomic mass is 10.4. The maximum atomic E-state index is 11.8. The lowest BCUT2D eigenvalue weighted by Crippen LogP contribution is -2.11. The number of rotatable bonds is 3. The Hall–Kier alpha value is -1.40. The smallest absolute Gasteiger partial charge is 0.271 e. The molecular weight excluding hydrogens is 244 g/mol. The molecule has 84 valence electrons. The van der Waals surface area contributed by atoms with E-state index in [9.17, 15) is 8.42 Å². The van der Waals surface area contributed by atoms with Gasteiger partial charge in [0.05, 0.1) is 11.9 Å². The molecule has 0 fully saturated rings. The van der Waals surface area contributed by atoms with Gasteiger partial charge >= 0.3 is 0 Å². The van der Waals surface area contributed by atoms with Crippen LogP contribution >= 0.6 is 11.3 Å². The molecule has 0 aromatic carbocycles. The van der Waals surface area contributed by atoms with E-state index in [1.165, 1.54) is 17.5 Å². The number of anilines is 1. The lowest BCUT2D eigenvalue weighted by molar-refractivity contribution is 0.603. The first-order chi connectivity index (χ1) is 7.58. The van der Waals surface area contributed by atoms with Crippen molar-refractivity contribution in [1.82, 2.24) is 4.98 Å². The van der Waals surface area contributed by atoms with Gasteiger partial charge in [-0.05, 0) is 30.5 Å². The molecule has 0 aliphatic heterocycles. The quantitative estimate of drug-likeness (QED) is 0.914. The summed E-state index contributed by atoms with van der Waals surface area (Å²) in [6.07, 6.45) is 1.50. The van der Waals surface area contributed by atoms with Gasteiger partial charge in [0, 0.05) is 5.69 Å². The first-order valence-electron chi connectivity index (χ1n) is 4.57. The SMILES string of the molecule is Cc1ccc(NS(=O)(=O)c2cccs2)cn1. The lowest BCUT2D eigenvalue weighted by Gasteiger charge is -2.05. The van der Waals surface area contributed by atoms with Crippen LogP contribution in [0.2, 0.25) is 0 Å². The average molecular weight is 254 g/mol. The molecule has 0 bridgehead atoms. The van der Waals surface area contributed by atoms with Gasteiger partial charge in [0.1, 0.15) is 4.21 Å². The Balaban J connectivity index is 2.25. The molecule has 4 nitrogen and oxygen atoms in total. The Morgan fingerprint density at radius 2 is 2.12 bits per heavy atom. The maximum absolute atomic E-state index is 11.8. The third kappa shape index (κ3) is 2.40. The molecule has 2 rings (SSSR count). The Morgan fingerprint density at radius 3 is 2.69 bits per heavy atom. The van der Waals surface area contributed by atoms with Gasteiger partial charge in [-0.3, -0.25) is 9.71 Å². The number of nitrogens with zero attached hydrogens (tertiary/aromatic N) is 1. The van der Waals surface area contributed by atoms with Gasteiger partial charge in [-0.25, -0.2) is 8.42 Å². The highest BCUT2D eigenvalue weighted by Crippen LogP contribution is 2.19. The third-order valence-corrected chi connectivity index (χ3v) is 4.70. The van der Waals surface area contributed by atoms with Gasteiger partial charge < -0.3 is 0 Å². The Kier molecular flexibility index (Phi) is 2.93. The van der Waals surface area contributed by atoms with Crippen molar-refractivity contribution in [1.29, 1.82) is 0 Å². The highest BCUT2D eigenvalue weighted by molar-refractivity contribution is 7.94. The van der Waals surface area contributed by atoms with Crippen molar-refractivity contribution in [2.24, 2.45) is 0 Å². The van der Waals surface area contributed by atoms with Crippen molar-refractivity contribution in [2.45, 2.75) is 11.1 Å². The molecule has 0 spiro atoms. The zero-order valence-electron chi connectivity index (χ0n) is 8.54. The fourth-order valence-electron chi connectivity index (χ4n) is 1.15. The van der Waals surface area contributed by atoms with E-state index < -0.39 is 10.0 Å². The molecule has 0 unspecified atom stereocenters. The van der Waals surface area contributed by atoms with Gasteiger partial charge in [-0.2, -0.15) is 0 Å². The van der Waals surface area contributed by atoms with Gasteiger partial charge in [0.2, 0.25) is 0 Å². The largest absolute Gasteiger partial charge is 0.277 e. The summed E-state index contributed by atoms with van der Waals surface area (Å²) in [4.78, 5) is 4.02. The molecular formula is C10H10N2O2S2. The van der Waals surface area contributed by atoms with Crippen LogP contribution in [0.1, 0.15) is 5.69 Å². The van der Waals surface area contributed by atoms with Crippen molar-refractivity contribution in [3.63, 3.8) is 0 Å². The monoisotopic (exact) mass is 254 g/mol. The van der Waals surface area contributed by atoms with E-state index in [4.69, 9.17) is 0 Å².